The molecule has 0 aliphatic carbocycles. The molecule has 0 rings (SSSR count). The standard InChI is InChI=1S/C20H32N2O5/c1-2-3-4-5-8-11-14-19(21(24)25)16-17-20(22(26)27)15-12-9-6-7-10-13-18-23/h8,11,15-16,18H,2-7,9-10,12-14,17H2,1H3/b11-8+,19-16-,20-15-. The smallest absolute Gasteiger partial charge is 0.246 e. The molecule has 0 saturated carbocycles. The summed E-state index contributed by atoms with van der Waals surface area (Å²) in [7, 11) is 0. The Balaban J connectivity index is 4.51. The highest BCUT2D eigenvalue weighted by Gasteiger charge is 2.13. The summed E-state index contributed by atoms with van der Waals surface area (Å²) in [6, 6.07) is 0. The van der Waals surface area contributed by atoms with E-state index in [0.29, 0.717) is 12.8 Å². The van der Waals surface area contributed by atoms with Crippen LogP contribution in [0.2, 0.25) is 0 Å². The molecule has 0 N–H and O–H groups in total. The lowest BCUT2D eigenvalue weighted by atomic mass is 10.1. The highest BCUT2D eigenvalue weighted by atomic mass is 16.6. The average molecular weight is 380 g/mol. The quantitative estimate of drug-likeness (QED) is 0.105. The SMILES string of the molecule is CCCCC/C=C/C/C(=C/C/C(=C/CCCCCCC=O)[N+](=O)[O-])[N+](=O)[O-]. The molecule has 0 heterocycles. The van der Waals surface area contributed by atoms with Crippen LogP contribution in [0.25, 0.3) is 0 Å². The number of hydrogen-bond acceptors (Lipinski definition) is 5. The minimum atomic E-state index is -0.471. The summed E-state index contributed by atoms with van der Waals surface area (Å²) in [4.78, 5) is 31.5. The Morgan fingerprint density at radius 2 is 1.33 bits per heavy atom. The second-order valence-corrected chi connectivity index (χ2v) is 6.44. The van der Waals surface area contributed by atoms with Gasteiger partial charge in [0.05, 0.1) is 22.7 Å². The molecule has 0 unspecified atom stereocenters. The topological polar surface area (TPSA) is 103 Å². The molecule has 7 nitrogen and oxygen atoms in total. The monoisotopic (exact) mass is 380 g/mol. The Morgan fingerprint density at radius 1 is 0.741 bits per heavy atom. The predicted octanol–water partition coefficient (Wildman–Crippen LogP) is 5.76. The fourth-order valence-electron chi connectivity index (χ4n) is 2.52. The molecule has 0 aromatic heterocycles. The van der Waals surface area contributed by atoms with Gasteiger partial charge in [-0.25, -0.2) is 0 Å². The molecule has 0 aliphatic heterocycles. The second-order valence-electron chi connectivity index (χ2n) is 6.44. The summed E-state index contributed by atoms with van der Waals surface area (Å²) in [5.41, 5.74) is -0.0162. The van der Waals surface area contributed by atoms with Gasteiger partial charge >= 0.3 is 0 Å². The number of carbonyl (C=O) groups excluding carboxylic acids is 1. The Morgan fingerprint density at radius 3 is 1.93 bits per heavy atom. The predicted molar refractivity (Wildman–Crippen MR) is 106 cm³/mol. The van der Waals surface area contributed by atoms with Crippen LogP contribution in [0.4, 0.5) is 0 Å². The average Bonchev–Trinajstić information content (AvgIpc) is 2.63. The maximum atomic E-state index is 11.1. The second kappa shape index (κ2) is 17.1. The fourth-order valence-corrected chi connectivity index (χ4v) is 2.52. The Kier molecular flexibility index (Phi) is 15.7. The van der Waals surface area contributed by atoms with Crippen LogP contribution in [-0.2, 0) is 4.79 Å². The summed E-state index contributed by atoms with van der Waals surface area (Å²) in [5.74, 6) is 0. The summed E-state index contributed by atoms with van der Waals surface area (Å²) in [5, 5.41) is 22.3. The van der Waals surface area contributed by atoms with E-state index in [0.717, 1.165) is 57.7 Å². The first-order chi connectivity index (χ1) is 13.0. The first-order valence-corrected chi connectivity index (χ1v) is 9.78. The van der Waals surface area contributed by atoms with Gasteiger partial charge in [-0.1, -0.05) is 44.8 Å². The van der Waals surface area contributed by atoms with Crippen LogP contribution in [0.5, 0.6) is 0 Å². The van der Waals surface area contributed by atoms with Gasteiger partial charge in [-0.05, 0) is 44.3 Å². The lowest BCUT2D eigenvalue weighted by Crippen LogP contribution is -2.01. The molecule has 0 spiro atoms. The van der Waals surface area contributed by atoms with E-state index in [-0.39, 0.29) is 24.2 Å². The first-order valence-electron chi connectivity index (χ1n) is 9.78. The number of allylic oxidation sites excluding steroid dienone is 4. The van der Waals surface area contributed by atoms with Crippen molar-refractivity contribution in [1.82, 2.24) is 0 Å². The molecule has 0 aromatic carbocycles. The van der Waals surface area contributed by atoms with Crippen molar-refractivity contribution in [3.63, 3.8) is 0 Å². The van der Waals surface area contributed by atoms with Crippen LogP contribution >= 0.6 is 0 Å². The van der Waals surface area contributed by atoms with Crippen molar-refractivity contribution in [3.8, 4) is 0 Å². The van der Waals surface area contributed by atoms with Crippen molar-refractivity contribution in [2.45, 2.75) is 84.0 Å². The highest BCUT2D eigenvalue weighted by molar-refractivity contribution is 5.48. The van der Waals surface area contributed by atoms with E-state index in [2.05, 4.69) is 6.92 Å². The molecule has 27 heavy (non-hydrogen) atoms. The zero-order valence-corrected chi connectivity index (χ0v) is 16.3. The van der Waals surface area contributed by atoms with Crippen LogP contribution in [-0.4, -0.2) is 16.1 Å². The molecule has 0 atom stereocenters. The molecule has 0 saturated heterocycles. The van der Waals surface area contributed by atoms with E-state index < -0.39 is 9.85 Å². The summed E-state index contributed by atoms with van der Waals surface area (Å²) in [6.45, 7) is 2.12. The van der Waals surface area contributed by atoms with Crippen LogP contribution in [0.3, 0.4) is 0 Å². The Bertz CT molecular complexity index is 538. The molecule has 0 fully saturated rings. The largest absolute Gasteiger partial charge is 0.303 e. The molecule has 0 amide bonds. The fraction of sp³-hybridized carbons (Fsp3) is 0.650. The first kappa shape index (κ1) is 24.7. The zero-order valence-electron chi connectivity index (χ0n) is 16.3. The van der Waals surface area contributed by atoms with Gasteiger partial charge in [-0.15, -0.1) is 0 Å². The number of hydrogen-bond donors (Lipinski definition) is 0. The van der Waals surface area contributed by atoms with Crippen molar-refractivity contribution in [3.05, 3.63) is 55.9 Å². The van der Waals surface area contributed by atoms with Crippen LogP contribution in [0, 0.1) is 20.2 Å². The van der Waals surface area contributed by atoms with Gasteiger partial charge in [-0.2, -0.15) is 0 Å². The Labute approximate surface area is 161 Å². The molecule has 0 bridgehead atoms. The third-order valence-corrected chi connectivity index (χ3v) is 4.14. The number of aldehydes is 1. The van der Waals surface area contributed by atoms with Crippen LogP contribution < -0.4 is 0 Å². The number of nitro groups is 2. The van der Waals surface area contributed by atoms with Crippen molar-refractivity contribution >= 4 is 6.29 Å². The lowest BCUT2D eigenvalue weighted by molar-refractivity contribution is -0.431. The number of rotatable bonds is 17. The van der Waals surface area contributed by atoms with E-state index in [1.54, 1.807) is 12.2 Å². The van der Waals surface area contributed by atoms with Crippen molar-refractivity contribution in [1.29, 1.82) is 0 Å². The minimum Gasteiger partial charge on any atom is -0.303 e. The van der Waals surface area contributed by atoms with Gasteiger partial charge in [0.1, 0.15) is 6.29 Å². The van der Waals surface area contributed by atoms with Crippen molar-refractivity contribution in [2.75, 3.05) is 0 Å². The molecule has 0 aliphatic rings. The number of carbonyl (C=O) groups is 1. The maximum Gasteiger partial charge on any atom is 0.246 e. The molecule has 0 aromatic rings. The summed E-state index contributed by atoms with van der Waals surface area (Å²) >= 11 is 0. The minimum absolute atomic E-state index is 0.00540. The van der Waals surface area contributed by atoms with Crippen molar-refractivity contribution in [2.24, 2.45) is 0 Å². The zero-order chi connectivity index (χ0) is 20.3. The molecule has 7 heteroatoms. The molecular formula is C20H32N2O5. The third kappa shape index (κ3) is 14.5. The maximum absolute atomic E-state index is 11.1. The van der Waals surface area contributed by atoms with E-state index in [1.165, 1.54) is 6.08 Å². The number of nitrogens with zero attached hydrogens (tertiary/aromatic N) is 2. The van der Waals surface area contributed by atoms with E-state index in [1.807, 2.05) is 6.08 Å². The highest BCUT2D eigenvalue weighted by Crippen LogP contribution is 2.13. The van der Waals surface area contributed by atoms with Gasteiger partial charge in [0.15, 0.2) is 0 Å². The van der Waals surface area contributed by atoms with Crippen LogP contribution in [0.15, 0.2) is 35.7 Å². The van der Waals surface area contributed by atoms with Gasteiger partial charge in [0.2, 0.25) is 11.4 Å². The van der Waals surface area contributed by atoms with E-state index in [9.17, 15) is 25.0 Å². The number of unbranched alkanes of at least 4 members (excludes halogenated alkanes) is 8. The van der Waals surface area contributed by atoms with Crippen LogP contribution in [0.1, 0.15) is 84.0 Å². The molecule has 0 radical (unpaired) electrons. The van der Waals surface area contributed by atoms with Gasteiger partial charge in [-0.3, -0.25) is 20.2 Å². The summed E-state index contributed by atoms with van der Waals surface area (Å²) in [6.07, 6.45) is 16.4. The third-order valence-electron chi connectivity index (χ3n) is 4.14. The lowest BCUT2D eigenvalue weighted by Gasteiger charge is -1.98. The van der Waals surface area contributed by atoms with E-state index in [4.69, 9.17) is 0 Å². The normalized spacial score (nSPS) is 12.5. The Hall–Kier alpha value is -2.31. The van der Waals surface area contributed by atoms with Gasteiger partial charge < -0.3 is 4.79 Å². The van der Waals surface area contributed by atoms with Crippen molar-refractivity contribution < 1.29 is 14.6 Å². The molecule has 152 valence electrons. The van der Waals surface area contributed by atoms with Gasteiger partial charge in [0, 0.05) is 6.42 Å². The van der Waals surface area contributed by atoms with E-state index >= 15 is 0 Å². The molecular weight excluding hydrogens is 348 g/mol. The van der Waals surface area contributed by atoms with Gasteiger partial charge in [0.25, 0.3) is 0 Å². The summed E-state index contributed by atoms with van der Waals surface area (Å²) < 4.78 is 0.